The minimum Gasteiger partial charge on any atom is -0.431 e. The second-order valence-corrected chi connectivity index (χ2v) is 10.6. The normalized spacial score (nSPS) is 43.9. The molecule has 0 radical (unpaired) electrons. The summed E-state index contributed by atoms with van der Waals surface area (Å²) in [6.45, 7) is 12.5. The summed E-state index contributed by atoms with van der Waals surface area (Å²) >= 11 is 0. The van der Waals surface area contributed by atoms with Crippen LogP contribution < -0.4 is 0 Å². The van der Waals surface area contributed by atoms with Crippen LogP contribution in [0.4, 0.5) is 0 Å². The van der Waals surface area contributed by atoms with Crippen molar-refractivity contribution in [3.63, 3.8) is 0 Å². The van der Waals surface area contributed by atoms with Crippen LogP contribution in [0.25, 0.3) is 0 Å². The van der Waals surface area contributed by atoms with Crippen LogP contribution in [0.3, 0.4) is 0 Å². The van der Waals surface area contributed by atoms with Gasteiger partial charge in [-0.3, -0.25) is 9.59 Å². The maximum absolute atomic E-state index is 12.8. The van der Waals surface area contributed by atoms with Gasteiger partial charge in [-0.15, -0.1) is 0 Å². The Labute approximate surface area is 161 Å². The number of allylic oxidation sites excluding steroid dienone is 2. The fraction of sp³-hybridized carbons (Fsp3) is 0.696. The van der Waals surface area contributed by atoms with Gasteiger partial charge in [0.1, 0.15) is 6.26 Å². The van der Waals surface area contributed by atoms with Crippen molar-refractivity contribution in [3.05, 3.63) is 23.5 Å². The van der Waals surface area contributed by atoms with Crippen LogP contribution in [-0.4, -0.2) is 17.5 Å². The van der Waals surface area contributed by atoms with Crippen LogP contribution in [0.1, 0.15) is 67.2 Å². The molecule has 0 aromatic carbocycles. The molecule has 4 rings (SSSR count). The first-order valence-corrected chi connectivity index (χ1v) is 10.1. The van der Waals surface area contributed by atoms with Crippen LogP contribution in [0, 0.1) is 33.5 Å². The van der Waals surface area contributed by atoms with Crippen LogP contribution >= 0.6 is 0 Å². The summed E-state index contributed by atoms with van der Waals surface area (Å²) < 4.78 is 5.36. The Bertz CT molecular complexity index is 827. The maximum atomic E-state index is 12.8. The number of hydrogen-bond acceptors (Lipinski definition) is 4. The van der Waals surface area contributed by atoms with Gasteiger partial charge in [-0.2, -0.15) is 0 Å². The lowest BCUT2D eigenvalue weighted by Crippen LogP contribution is -2.32. The van der Waals surface area contributed by atoms with E-state index in [9.17, 15) is 14.4 Å². The van der Waals surface area contributed by atoms with Crippen molar-refractivity contribution in [1.29, 1.82) is 0 Å². The Morgan fingerprint density at radius 1 is 0.852 bits per heavy atom. The molecule has 0 spiro atoms. The van der Waals surface area contributed by atoms with E-state index in [0.29, 0.717) is 11.1 Å². The van der Waals surface area contributed by atoms with Crippen LogP contribution in [-0.2, 0) is 19.1 Å². The molecule has 4 bridgehead atoms. The standard InChI is InChI=1S/C23H30O4/c1-20(2)15-7-9-22(20,5)18(25)13(15)11-17(24)27-12-14-16-8-10-23(6,19(14)26)21(16,3)4/h11-12,15-16H,7-10H2,1-6H3. The van der Waals surface area contributed by atoms with E-state index in [4.69, 9.17) is 4.74 Å². The van der Waals surface area contributed by atoms with Crippen LogP contribution in [0.5, 0.6) is 0 Å². The summed E-state index contributed by atoms with van der Waals surface area (Å²) in [5.41, 5.74) is 0.235. The molecule has 4 fully saturated rings. The number of carbonyl (C=O) groups is 3. The molecule has 4 aliphatic carbocycles. The molecule has 0 aromatic heterocycles. The third-order valence-corrected chi connectivity index (χ3v) is 9.31. The van der Waals surface area contributed by atoms with Crippen LogP contribution in [0.2, 0.25) is 0 Å². The number of hydrogen-bond donors (Lipinski definition) is 0. The van der Waals surface area contributed by atoms with Gasteiger partial charge in [0.15, 0.2) is 11.6 Å². The molecule has 4 atom stereocenters. The third-order valence-electron chi connectivity index (χ3n) is 9.31. The van der Waals surface area contributed by atoms with E-state index in [1.807, 2.05) is 13.8 Å². The SMILES string of the molecule is CC12CCC(C(=COC(=O)C=C3C(=O)C4(C)CCC3C4(C)C)C1=O)C2(C)C. The molecular formula is C23H30O4. The molecule has 4 saturated carbocycles. The van der Waals surface area contributed by atoms with Crippen molar-refractivity contribution in [1.82, 2.24) is 0 Å². The lowest BCUT2D eigenvalue weighted by molar-refractivity contribution is -0.133. The lowest BCUT2D eigenvalue weighted by Gasteiger charge is -2.31. The van der Waals surface area contributed by atoms with Gasteiger partial charge in [-0.1, -0.05) is 41.5 Å². The molecule has 27 heavy (non-hydrogen) atoms. The van der Waals surface area contributed by atoms with E-state index in [1.54, 1.807) is 0 Å². The molecular weight excluding hydrogens is 340 g/mol. The van der Waals surface area contributed by atoms with E-state index >= 15 is 0 Å². The Kier molecular flexibility index (Phi) is 3.60. The zero-order chi connectivity index (χ0) is 20.0. The van der Waals surface area contributed by atoms with Gasteiger partial charge in [0.05, 0.1) is 0 Å². The Morgan fingerprint density at radius 2 is 1.30 bits per heavy atom. The molecule has 4 aliphatic rings. The maximum Gasteiger partial charge on any atom is 0.335 e. The van der Waals surface area contributed by atoms with Crippen molar-refractivity contribution in [3.8, 4) is 0 Å². The summed E-state index contributed by atoms with van der Waals surface area (Å²) in [6.07, 6.45) is 6.39. The molecule has 4 heteroatoms. The molecule has 0 amide bonds. The van der Waals surface area contributed by atoms with Gasteiger partial charge >= 0.3 is 5.97 Å². The van der Waals surface area contributed by atoms with E-state index in [0.717, 1.165) is 25.7 Å². The Balaban J connectivity index is 1.55. The summed E-state index contributed by atoms with van der Waals surface area (Å²) in [5.74, 6) is -0.113. The summed E-state index contributed by atoms with van der Waals surface area (Å²) in [6, 6.07) is 0. The zero-order valence-electron chi connectivity index (χ0n) is 17.3. The van der Waals surface area contributed by atoms with Gasteiger partial charge in [-0.25, -0.2) is 4.79 Å². The molecule has 146 valence electrons. The lowest BCUT2D eigenvalue weighted by atomic mass is 9.70. The summed E-state index contributed by atoms with van der Waals surface area (Å²) in [4.78, 5) is 38.1. The highest BCUT2D eigenvalue weighted by Crippen LogP contribution is 2.66. The Morgan fingerprint density at radius 3 is 1.70 bits per heavy atom. The molecule has 4 nitrogen and oxygen atoms in total. The van der Waals surface area contributed by atoms with Crippen molar-refractivity contribution >= 4 is 17.5 Å². The third kappa shape index (κ3) is 2.02. The fourth-order valence-electron chi connectivity index (χ4n) is 6.44. The minimum absolute atomic E-state index is 0.0815. The van der Waals surface area contributed by atoms with Gasteiger partial charge in [0.25, 0.3) is 0 Å². The minimum atomic E-state index is -0.545. The molecule has 0 aromatic rings. The number of ether oxygens (including phenoxy) is 1. The van der Waals surface area contributed by atoms with Crippen molar-refractivity contribution in [2.24, 2.45) is 33.5 Å². The molecule has 0 heterocycles. The van der Waals surface area contributed by atoms with Gasteiger partial charge in [0, 0.05) is 28.1 Å². The van der Waals surface area contributed by atoms with Gasteiger partial charge < -0.3 is 4.74 Å². The predicted octanol–water partition coefficient (Wildman–Crippen LogP) is 4.39. The van der Waals surface area contributed by atoms with Crippen molar-refractivity contribution in [2.75, 3.05) is 0 Å². The van der Waals surface area contributed by atoms with Gasteiger partial charge in [-0.05, 0) is 48.3 Å². The fourth-order valence-corrected chi connectivity index (χ4v) is 6.44. The number of fused-ring (bicyclic) bond motifs is 4. The molecule has 0 saturated heterocycles. The highest BCUT2D eigenvalue weighted by atomic mass is 16.5. The first-order chi connectivity index (χ1) is 12.4. The topological polar surface area (TPSA) is 60.4 Å². The van der Waals surface area contributed by atoms with E-state index in [2.05, 4.69) is 27.7 Å². The van der Waals surface area contributed by atoms with Crippen molar-refractivity contribution < 1.29 is 19.1 Å². The Hall–Kier alpha value is -1.71. The largest absolute Gasteiger partial charge is 0.431 e. The molecule has 0 aliphatic heterocycles. The van der Waals surface area contributed by atoms with E-state index in [1.165, 1.54) is 12.3 Å². The molecule has 4 unspecified atom stereocenters. The first-order valence-electron chi connectivity index (χ1n) is 10.1. The number of ketones is 2. The van der Waals surface area contributed by atoms with Gasteiger partial charge in [0.2, 0.25) is 0 Å². The highest BCUT2D eigenvalue weighted by molar-refractivity contribution is 6.08. The number of esters is 1. The van der Waals surface area contributed by atoms with E-state index in [-0.39, 0.29) is 45.1 Å². The van der Waals surface area contributed by atoms with Crippen molar-refractivity contribution in [2.45, 2.75) is 67.2 Å². The number of carbonyl (C=O) groups excluding carboxylic acids is 3. The quantitative estimate of drug-likeness (QED) is 0.411. The number of Topliss-reactive ketones (excluding diaryl/α,β-unsaturated/α-hetero) is 2. The zero-order valence-corrected chi connectivity index (χ0v) is 17.3. The smallest absolute Gasteiger partial charge is 0.335 e. The van der Waals surface area contributed by atoms with E-state index < -0.39 is 5.97 Å². The number of rotatable bonds is 2. The highest BCUT2D eigenvalue weighted by Gasteiger charge is 2.65. The second kappa shape index (κ2) is 5.21. The average molecular weight is 370 g/mol. The van der Waals surface area contributed by atoms with Crippen LogP contribution in [0.15, 0.2) is 23.5 Å². The first kappa shape index (κ1) is 18.6. The summed E-state index contributed by atoms with van der Waals surface area (Å²) in [7, 11) is 0. The second-order valence-electron chi connectivity index (χ2n) is 10.6. The molecule has 0 N–H and O–H groups in total. The average Bonchev–Trinajstić information content (AvgIpc) is 3.06. The summed E-state index contributed by atoms with van der Waals surface area (Å²) in [5, 5.41) is 0. The predicted molar refractivity (Wildman–Crippen MR) is 101 cm³/mol. The monoisotopic (exact) mass is 370 g/mol.